The van der Waals surface area contributed by atoms with Crippen LogP contribution < -0.4 is 0 Å². The van der Waals surface area contributed by atoms with Gasteiger partial charge in [0.15, 0.2) is 0 Å². The summed E-state index contributed by atoms with van der Waals surface area (Å²) in [6, 6.07) is 12.2. The smallest absolute Gasteiger partial charge is 0.277 e. The van der Waals surface area contributed by atoms with Gasteiger partial charge >= 0.3 is 0 Å². The maximum absolute atomic E-state index is 13.5. The first kappa shape index (κ1) is 21.2. The molecule has 0 aromatic heterocycles. The van der Waals surface area contributed by atoms with Crippen molar-refractivity contribution in [3.8, 4) is 0 Å². The number of carbonyl (C=O) groups excluding carboxylic acids is 2. The number of hydrogen-bond donors (Lipinski definition) is 0. The number of nitrogens with zero attached hydrogens (tertiary/aromatic N) is 3. The van der Waals surface area contributed by atoms with Gasteiger partial charge in [0.2, 0.25) is 0 Å². The minimum absolute atomic E-state index is 0.230. The Bertz CT molecular complexity index is 1040. The highest BCUT2D eigenvalue weighted by Crippen LogP contribution is 2.34. The average Bonchev–Trinajstić information content (AvgIpc) is 2.98. The lowest BCUT2D eigenvalue weighted by Gasteiger charge is -2.34. The summed E-state index contributed by atoms with van der Waals surface area (Å²) in [6.45, 7) is 7.39. The molecule has 2 aliphatic rings. The SMILES string of the molecule is Cc1ccc(C2=C(N3CCN(C)CC3)C(=O)N(CCc3ccc(F)cc3)C2=O)c(C)c1. The molecule has 0 saturated carbocycles. The standard InChI is InChI=1S/C25H28FN3O2/c1-17-4-9-21(18(2)16-17)22-23(28-14-12-27(3)13-15-28)25(31)29(24(22)30)11-10-19-5-7-20(26)8-6-19/h4-9,16H,10-15H2,1-3H3. The molecule has 0 radical (unpaired) electrons. The highest BCUT2D eigenvalue weighted by molar-refractivity contribution is 6.35. The van der Waals surface area contributed by atoms with Crippen LogP contribution in [0.2, 0.25) is 0 Å². The van der Waals surface area contributed by atoms with Crippen molar-refractivity contribution >= 4 is 17.4 Å². The van der Waals surface area contributed by atoms with E-state index >= 15 is 0 Å². The number of hydrogen-bond acceptors (Lipinski definition) is 4. The third kappa shape index (κ3) is 4.26. The summed E-state index contributed by atoms with van der Waals surface area (Å²) in [6.07, 6.45) is 0.494. The number of rotatable bonds is 5. The van der Waals surface area contributed by atoms with Gasteiger partial charge in [-0.25, -0.2) is 4.39 Å². The Morgan fingerprint density at radius 3 is 2.23 bits per heavy atom. The normalized spacial score (nSPS) is 17.8. The lowest BCUT2D eigenvalue weighted by molar-refractivity contribution is -0.137. The van der Waals surface area contributed by atoms with E-state index < -0.39 is 0 Å². The first-order valence-corrected chi connectivity index (χ1v) is 10.7. The fraction of sp³-hybridized carbons (Fsp3) is 0.360. The van der Waals surface area contributed by atoms with Crippen molar-refractivity contribution in [3.63, 3.8) is 0 Å². The number of aryl methyl sites for hydroxylation is 2. The van der Waals surface area contributed by atoms with E-state index in [4.69, 9.17) is 0 Å². The van der Waals surface area contributed by atoms with E-state index in [1.165, 1.54) is 17.0 Å². The van der Waals surface area contributed by atoms with Crippen molar-refractivity contribution in [2.75, 3.05) is 39.8 Å². The van der Waals surface area contributed by atoms with Crippen LogP contribution in [-0.4, -0.2) is 66.3 Å². The third-order valence-corrected chi connectivity index (χ3v) is 6.15. The van der Waals surface area contributed by atoms with Gasteiger partial charge in [-0.2, -0.15) is 0 Å². The lowest BCUT2D eigenvalue weighted by atomic mass is 9.97. The fourth-order valence-corrected chi connectivity index (χ4v) is 4.32. The summed E-state index contributed by atoms with van der Waals surface area (Å²) in [4.78, 5) is 32.6. The first-order chi connectivity index (χ1) is 14.8. The second-order valence-electron chi connectivity index (χ2n) is 8.47. The van der Waals surface area contributed by atoms with Gasteiger partial charge in [0, 0.05) is 32.7 Å². The molecular weight excluding hydrogens is 393 g/mol. The quantitative estimate of drug-likeness (QED) is 0.697. The van der Waals surface area contributed by atoms with Crippen LogP contribution >= 0.6 is 0 Å². The number of benzene rings is 2. The number of likely N-dealkylation sites (N-methyl/N-ethyl adjacent to an activating group) is 1. The van der Waals surface area contributed by atoms with E-state index in [0.29, 0.717) is 30.8 Å². The van der Waals surface area contributed by atoms with Crippen LogP contribution in [0.3, 0.4) is 0 Å². The molecular formula is C25H28FN3O2. The number of amides is 2. The number of imide groups is 1. The molecule has 2 amide bonds. The maximum Gasteiger partial charge on any atom is 0.277 e. The molecule has 4 rings (SSSR count). The minimum Gasteiger partial charge on any atom is -0.364 e. The zero-order chi connectivity index (χ0) is 22.1. The molecule has 1 saturated heterocycles. The predicted molar refractivity (Wildman–Crippen MR) is 119 cm³/mol. The van der Waals surface area contributed by atoms with Crippen LogP contribution in [-0.2, 0) is 16.0 Å². The molecule has 0 aliphatic carbocycles. The van der Waals surface area contributed by atoms with Crippen molar-refractivity contribution < 1.29 is 14.0 Å². The lowest BCUT2D eigenvalue weighted by Crippen LogP contribution is -2.46. The molecule has 5 nitrogen and oxygen atoms in total. The van der Waals surface area contributed by atoms with Crippen molar-refractivity contribution in [1.29, 1.82) is 0 Å². The summed E-state index contributed by atoms with van der Waals surface area (Å²) >= 11 is 0. The largest absolute Gasteiger partial charge is 0.364 e. The fourth-order valence-electron chi connectivity index (χ4n) is 4.32. The molecule has 2 aromatic rings. The Labute approximate surface area is 182 Å². The summed E-state index contributed by atoms with van der Waals surface area (Å²) < 4.78 is 13.2. The Morgan fingerprint density at radius 2 is 1.58 bits per heavy atom. The highest BCUT2D eigenvalue weighted by Gasteiger charge is 2.42. The van der Waals surface area contributed by atoms with E-state index in [9.17, 15) is 14.0 Å². The Morgan fingerprint density at radius 1 is 0.903 bits per heavy atom. The van der Waals surface area contributed by atoms with Gasteiger partial charge < -0.3 is 9.80 Å². The van der Waals surface area contributed by atoms with Crippen molar-refractivity contribution in [1.82, 2.24) is 14.7 Å². The van der Waals surface area contributed by atoms with E-state index in [1.807, 2.05) is 32.0 Å². The summed E-state index contributed by atoms with van der Waals surface area (Å²) in [5.41, 5.74) is 4.84. The van der Waals surface area contributed by atoms with E-state index in [1.54, 1.807) is 12.1 Å². The van der Waals surface area contributed by atoms with Crippen LogP contribution in [0.25, 0.3) is 5.57 Å². The number of carbonyl (C=O) groups is 2. The molecule has 0 spiro atoms. The molecule has 2 heterocycles. The Kier molecular flexibility index (Phi) is 5.92. The van der Waals surface area contributed by atoms with Gasteiger partial charge in [-0.05, 0) is 56.1 Å². The molecule has 1 fully saturated rings. The Hall–Kier alpha value is -2.99. The summed E-state index contributed by atoms with van der Waals surface area (Å²) in [5.74, 6) is -0.771. The second kappa shape index (κ2) is 8.63. The number of halogens is 1. The van der Waals surface area contributed by atoms with E-state index in [-0.39, 0.29) is 24.2 Å². The van der Waals surface area contributed by atoms with Crippen LogP contribution in [0.5, 0.6) is 0 Å². The zero-order valence-corrected chi connectivity index (χ0v) is 18.3. The minimum atomic E-state index is -0.298. The van der Waals surface area contributed by atoms with Crippen LogP contribution in [0, 0.1) is 19.7 Å². The topological polar surface area (TPSA) is 43.9 Å². The summed E-state index contributed by atoms with van der Waals surface area (Å²) in [5, 5.41) is 0. The molecule has 0 unspecified atom stereocenters. The van der Waals surface area contributed by atoms with Crippen LogP contribution in [0.1, 0.15) is 22.3 Å². The van der Waals surface area contributed by atoms with Crippen LogP contribution in [0.4, 0.5) is 4.39 Å². The highest BCUT2D eigenvalue weighted by atomic mass is 19.1. The van der Waals surface area contributed by atoms with Gasteiger partial charge in [-0.15, -0.1) is 0 Å². The Balaban J connectivity index is 1.67. The first-order valence-electron chi connectivity index (χ1n) is 10.7. The zero-order valence-electron chi connectivity index (χ0n) is 18.3. The average molecular weight is 422 g/mol. The van der Waals surface area contributed by atoms with Crippen LogP contribution in [0.15, 0.2) is 48.2 Å². The third-order valence-electron chi connectivity index (χ3n) is 6.15. The molecule has 162 valence electrons. The van der Waals surface area contributed by atoms with Gasteiger partial charge in [-0.3, -0.25) is 14.5 Å². The molecule has 0 N–H and O–H groups in total. The molecule has 0 bridgehead atoms. The molecule has 2 aliphatic heterocycles. The van der Waals surface area contributed by atoms with Crippen molar-refractivity contribution in [2.24, 2.45) is 0 Å². The number of piperazine rings is 1. The maximum atomic E-state index is 13.5. The van der Waals surface area contributed by atoms with Gasteiger partial charge in [0.1, 0.15) is 11.5 Å². The summed E-state index contributed by atoms with van der Waals surface area (Å²) in [7, 11) is 2.06. The van der Waals surface area contributed by atoms with E-state index in [2.05, 4.69) is 16.8 Å². The van der Waals surface area contributed by atoms with Crippen molar-refractivity contribution in [2.45, 2.75) is 20.3 Å². The molecule has 6 heteroatoms. The molecule has 0 atom stereocenters. The van der Waals surface area contributed by atoms with Crippen molar-refractivity contribution in [3.05, 3.63) is 76.2 Å². The van der Waals surface area contributed by atoms with Gasteiger partial charge in [0.25, 0.3) is 11.8 Å². The monoisotopic (exact) mass is 421 g/mol. The molecule has 31 heavy (non-hydrogen) atoms. The van der Waals surface area contributed by atoms with Gasteiger partial charge in [0.05, 0.1) is 5.57 Å². The van der Waals surface area contributed by atoms with Gasteiger partial charge in [-0.1, -0.05) is 35.9 Å². The molecule has 2 aromatic carbocycles. The predicted octanol–water partition coefficient (Wildman–Crippen LogP) is 3.01. The second-order valence-corrected chi connectivity index (χ2v) is 8.47. The van der Waals surface area contributed by atoms with E-state index in [0.717, 1.165) is 35.3 Å².